The van der Waals surface area contributed by atoms with E-state index >= 15 is 0 Å². The Kier molecular flexibility index (Phi) is 10.1. The van der Waals surface area contributed by atoms with E-state index in [9.17, 15) is 9.50 Å². The summed E-state index contributed by atoms with van der Waals surface area (Å²) in [6.07, 6.45) is 3.53. The van der Waals surface area contributed by atoms with Crippen molar-refractivity contribution in [2.24, 2.45) is 7.05 Å². The molecule has 8 heteroatoms. The summed E-state index contributed by atoms with van der Waals surface area (Å²) in [5.41, 5.74) is 2.62. The molecule has 3 aromatic rings. The molecule has 1 N–H and O–H groups in total. The van der Waals surface area contributed by atoms with Crippen LogP contribution in [-0.2, 0) is 23.1 Å². The first-order valence-electron chi connectivity index (χ1n) is 13.2. The Bertz CT molecular complexity index is 1100. The summed E-state index contributed by atoms with van der Waals surface area (Å²) in [5, 5.41) is 15.6. The Hall–Kier alpha value is -2.78. The van der Waals surface area contributed by atoms with E-state index in [1.165, 1.54) is 12.1 Å². The standard InChI is InChI=1S/C29H38FN3O4/c1-3-4-15-35-21-24(34)18-33(19-26-14-9-16-36-26)20-27-28(22-10-6-5-7-11-22)31-32(2)29(27)37-25-13-8-12-23(30)17-25/h5-8,10-13,17,24,26,34H,3-4,9,14-16,18-21H2,1-2H3/t24-,26-/m0/s1. The topological polar surface area (TPSA) is 69.0 Å². The molecule has 1 saturated heterocycles. The summed E-state index contributed by atoms with van der Waals surface area (Å²) in [5.74, 6) is 0.574. The normalized spacial score (nSPS) is 16.4. The van der Waals surface area contributed by atoms with Crippen LogP contribution < -0.4 is 4.74 Å². The van der Waals surface area contributed by atoms with Crippen molar-refractivity contribution in [3.8, 4) is 22.9 Å². The summed E-state index contributed by atoms with van der Waals surface area (Å²) >= 11 is 0. The number of ether oxygens (including phenoxy) is 3. The van der Waals surface area contributed by atoms with Gasteiger partial charge in [-0.3, -0.25) is 4.90 Å². The minimum Gasteiger partial charge on any atom is -0.439 e. The molecule has 0 radical (unpaired) electrons. The lowest BCUT2D eigenvalue weighted by Crippen LogP contribution is -2.39. The molecule has 0 unspecified atom stereocenters. The van der Waals surface area contributed by atoms with Crippen LogP contribution in [0.2, 0.25) is 0 Å². The summed E-state index contributed by atoms with van der Waals surface area (Å²) < 4.78 is 33.4. The Morgan fingerprint density at radius 3 is 2.78 bits per heavy atom. The second-order valence-corrected chi connectivity index (χ2v) is 9.59. The monoisotopic (exact) mass is 511 g/mol. The second-order valence-electron chi connectivity index (χ2n) is 9.59. The fraction of sp³-hybridized carbons (Fsp3) is 0.483. The summed E-state index contributed by atoms with van der Waals surface area (Å²) in [4.78, 5) is 2.19. The Morgan fingerprint density at radius 2 is 2.05 bits per heavy atom. The molecule has 4 rings (SSSR count). The van der Waals surface area contributed by atoms with Crippen molar-refractivity contribution in [1.29, 1.82) is 0 Å². The van der Waals surface area contributed by atoms with Gasteiger partial charge in [0.15, 0.2) is 0 Å². The number of aliphatic hydroxyl groups excluding tert-OH is 1. The Labute approximate surface area is 218 Å². The lowest BCUT2D eigenvalue weighted by molar-refractivity contribution is 0.00144. The SMILES string of the molecule is CCCCOC[C@@H](O)CN(Cc1c(-c2ccccc2)nn(C)c1Oc1cccc(F)c1)C[C@@H]1CCCO1. The first kappa shape index (κ1) is 27.3. The van der Waals surface area contributed by atoms with Crippen molar-refractivity contribution in [1.82, 2.24) is 14.7 Å². The van der Waals surface area contributed by atoms with Crippen molar-refractivity contribution in [2.45, 2.75) is 51.4 Å². The van der Waals surface area contributed by atoms with E-state index < -0.39 is 6.10 Å². The van der Waals surface area contributed by atoms with Crippen LogP contribution in [0.3, 0.4) is 0 Å². The minimum atomic E-state index is -0.636. The third-order valence-electron chi connectivity index (χ3n) is 6.43. The molecule has 0 aliphatic carbocycles. The van der Waals surface area contributed by atoms with Gasteiger partial charge in [0.1, 0.15) is 17.3 Å². The van der Waals surface area contributed by atoms with Crippen LogP contribution in [0.25, 0.3) is 11.3 Å². The molecule has 0 spiro atoms. The van der Waals surface area contributed by atoms with Gasteiger partial charge < -0.3 is 19.3 Å². The van der Waals surface area contributed by atoms with Gasteiger partial charge in [-0.25, -0.2) is 9.07 Å². The lowest BCUT2D eigenvalue weighted by Gasteiger charge is -2.28. The molecule has 2 heterocycles. The van der Waals surface area contributed by atoms with Crippen molar-refractivity contribution >= 4 is 0 Å². The van der Waals surface area contributed by atoms with Crippen LogP contribution >= 0.6 is 0 Å². The molecule has 200 valence electrons. The average molecular weight is 512 g/mol. The highest BCUT2D eigenvalue weighted by molar-refractivity contribution is 5.65. The summed E-state index contributed by atoms with van der Waals surface area (Å²) in [6.45, 7) is 5.39. The van der Waals surface area contributed by atoms with E-state index in [4.69, 9.17) is 19.3 Å². The number of aryl methyl sites for hydroxylation is 1. The van der Waals surface area contributed by atoms with Crippen molar-refractivity contribution in [2.75, 3.05) is 32.9 Å². The zero-order valence-corrected chi connectivity index (χ0v) is 21.8. The molecule has 0 saturated carbocycles. The largest absolute Gasteiger partial charge is 0.439 e. The average Bonchev–Trinajstić information content (AvgIpc) is 3.51. The maximum atomic E-state index is 13.9. The van der Waals surface area contributed by atoms with Crippen LogP contribution in [0.4, 0.5) is 4.39 Å². The third kappa shape index (κ3) is 7.85. The minimum absolute atomic E-state index is 0.109. The summed E-state index contributed by atoms with van der Waals surface area (Å²) in [7, 11) is 1.82. The molecule has 1 fully saturated rings. The first-order valence-corrected chi connectivity index (χ1v) is 13.2. The number of aromatic nitrogens is 2. The molecule has 1 aliphatic rings. The highest BCUT2D eigenvalue weighted by atomic mass is 19.1. The zero-order valence-electron chi connectivity index (χ0n) is 21.8. The Balaban J connectivity index is 1.62. The van der Waals surface area contributed by atoms with E-state index in [0.29, 0.717) is 37.9 Å². The molecule has 0 amide bonds. The molecule has 1 aliphatic heterocycles. The van der Waals surface area contributed by atoms with E-state index in [1.807, 2.05) is 37.4 Å². The number of halogens is 1. The molecule has 0 bridgehead atoms. The third-order valence-corrected chi connectivity index (χ3v) is 6.43. The highest BCUT2D eigenvalue weighted by Gasteiger charge is 2.26. The molecule has 37 heavy (non-hydrogen) atoms. The smallest absolute Gasteiger partial charge is 0.222 e. The van der Waals surface area contributed by atoms with Gasteiger partial charge in [0.2, 0.25) is 5.88 Å². The van der Waals surface area contributed by atoms with Gasteiger partial charge in [-0.1, -0.05) is 49.7 Å². The predicted octanol–water partition coefficient (Wildman–Crippen LogP) is 5.18. The Morgan fingerprint density at radius 1 is 1.22 bits per heavy atom. The van der Waals surface area contributed by atoms with Crippen molar-refractivity contribution in [3.05, 3.63) is 66.0 Å². The van der Waals surface area contributed by atoms with Crippen LogP contribution in [-0.4, -0.2) is 64.9 Å². The number of hydrogen-bond acceptors (Lipinski definition) is 6. The second kappa shape index (κ2) is 13.7. The van der Waals surface area contributed by atoms with Crippen molar-refractivity contribution < 1.29 is 23.7 Å². The van der Waals surface area contributed by atoms with Gasteiger partial charge in [0.05, 0.1) is 24.4 Å². The number of hydrogen-bond donors (Lipinski definition) is 1. The van der Waals surface area contributed by atoms with E-state index in [1.54, 1.807) is 16.8 Å². The van der Waals surface area contributed by atoms with Crippen LogP contribution in [0.5, 0.6) is 11.6 Å². The fourth-order valence-corrected chi connectivity index (χ4v) is 4.61. The predicted molar refractivity (Wildman–Crippen MR) is 141 cm³/mol. The number of nitrogens with zero attached hydrogens (tertiary/aromatic N) is 3. The van der Waals surface area contributed by atoms with E-state index in [-0.39, 0.29) is 18.5 Å². The molecule has 2 aromatic carbocycles. The maximum absolute atomic E-state index is 13.9. The molecular weight excluding hydrogens is 473 g/mol. The lowest BCUT2D eigenvalue weighted by atomic mass is 10.1. The quantitative estimate of drug-likeness (QED) is 0.301. The van der Waals surface area contributed by atoms with E-state index in [2.05, 4.69) is 11.8 Å². The van der Waals surface area contributed by atoms with Gasteiger partial charge in [0, 0.05) is 51.5 Å². The van der Waals surface area contributed by atoms with Crippen LogP contribution in [0, 0.1) is 5.82 Å². The number of aliphatic hydroxyl groups is 1. The van der Waals surface area contributed by atoms with Crippen molar-refractivity contribution in [3.63, 3.8) is 0 Å². The number of rotatable bonds is 14. The molecule has 7 nitrogen and oxygen atoms in total. The van der Waals surface area contributed by atoms with Gasteiger partial charge in [-0.15, -0.1) is 0 Å². The molecule has 1 aromatic heterocycles. The maximum Gasteiger partial charge on any atom is 0.222 e. The number of benzene rings is 2. The first-order chi connectivity index (χ1) is 18.0. The highest BCUT2D eigenvalue weighted by Crippen LogP contribution is 2.34. The molecule has 2 atom stereocenters. The molecular formula is C29H38FN3O4. The van der Waals surface area contributed by atoms with Crippen LogP contribution in [0.15, 0.2) is 54.6 Å². The fourth-order valence-electron chi connectivity index (χ4n) is 4.61. The van der Waals surface area contributed by atoms with E-state index in [0.717, 1.165) is 49.1 Å². The van der Waals surface area contributed by atoms with Gasteiger partial charge in [-0.2, -0.15) is 5.10 Å². The van der Waals surface area contributed by atoms with Gasteiger partial charge >= 0.3 is 0 Å². The van der Waals surface area contributed by atoms with Crippen LogP contribution in [0.1, 0.15) is 38.2 Å². The number of unbranched alkanes of at least 4 members (excludes halogenated alkanes) is 1. The summed E-state index contributed by atoms with van der Waals surface area (Å²) in [6, 6.07) is 16.0. The zero-order chi connectivity index (χ0) is 26.0. The van der Waals surface area contributed by atoms with Gasteiger partial charge in [-0.05, 0) is 31.4 Å². The van der Waals surface area contributed by atoms with Gasteiger partial charge in [0.25, 0.3) is 0 Å².